The molecular formula is C28H21F3N4O2. The van der Waals surface area contributed by atoms with Gasteiger partial charge >= 0.3 is 6.18 Å². The van der Waals surface area contributed by atoms with Gasteiger partial charge in [-0.3, -0.25) is 9.78 Å². The lowest BCUT2D eigenvalue weighted by Gasteiger charge is -2.13. The van der Waals surface area contributed by atoms with Crippen molar-refractivity contribution in [3.63, 3.8) is 0 Å². The number of hydrogen-bond donors (Lipinski definition) is 1. The van der Waals surface area contributed by atoms with Crippen LogP contribution in [0.1, 0.15) is 21.5 Å². The Morgan fingerprint density at radius 3 is 2.54 bits per heavy atom. The molecule has 1 N–H and O–H groups in total. The van der Waals surface area contributed by atoms with Gasteiger partial charge in [-0.1, -0.05) is 12.1 Å². The van der Waals surface area contributed by atoms with E-state index in [2.05, 4.69) is 10.3 Å². The minimum absolute atomic E-state index is 0.0488. The molecule has 2 aromatic carbocycles. The minimum atomic E-state index is -4.51. The van der Waals surface area contributed by atoms with Gasteiger partial charge in [0.25, 0.3) is 5.91 Å². The molecule has 5 rings (SSSR count). The van der Waals surface area contributed by atoms with E-state index in [-0.39, 0.29) is 11.3 Å². The summed E-state index contributed by atoms with van der Waals surface area (Å²) in [5.74, 6) is 0.404. The molecule has 9 heteroatoms. The van der Waals surface area contributed by atoms with Crippen LogP contribution in [0.5, 0.6) is 11.5 Å². The summed E-state index contributed by atoms with van der Waals surface area (Å²) in [6.45, 7) is 1.74. The Morgan fingerprint density at radius 1 is 1.00 bits per heavy atom. The Morgan fingerprint density at radius 2 is 1.78 bits per heavy atom. The molecule has 0 saturated heterocycles. The van der Waals surface area contributed by atoms with Gasteiger partial charge in [0, 0.05) is 48.5 Å². The molecule has 0 bridgehead atoms. The van der Waals surface area contributed by atoms with Crippen LogP contribution in [0.2, 0.25) is 0 Å². The second-order valence-electron chi connectivity index (χ2n) is 8.52. The number of ether oxygens (including phenoxy) is 1. The van der Waals surface area contributed by atoms with Crippen molar-refractivity contribution in [1.82, 2.24) is 14.5 Å². The number of nitrogens with one attached hydrogen (secondary N) is 1. The van der Waals surface area contributed by atoms with Crippen molar-refractivity contribution < 1.29 is 22.7 Å². The van der Waals surface area contributed by atoms with Crippen molar-refractivity contribution >= 4 is 22.6 Å². The summed E-state index contributed by atoms with van der Waals surface area (Å²) in [4.78, 5) is 21.8. The first-order chi connectivity index (χ1) is 17.7. The number of amides is 1. The fourth-order valence-corrected chi connectivity index (χ4v) is 3.96. The van der Waals surface area contributed by atoms with E-state index in [9.17, 15) is 18.0 Å². The summed E-state index contributed by atoms with van der Waals surface area (Å²) in [5, 5.41) is 3.34. The molecule has 3 aromatic heterocycles. The van der Waals surface area contributed by atoms with Crippen LogP contribution in [-0.4, -0.2) is 20.4 Å². The summed E-state index contributed by atoms with van der Waals surface area (Å²) < 4.78 is 47.3. The van der Waals surface area contributed by atoms with Crippen LogP contribution in [0.15, 0.2) is 85.3 Å². The number of carbonyl (C=O) groups is 1. The number of alkyl halides is 3. The number of pyridine rings is 2. The van der Waals surface area contributed by atoms with Crippen molar-refractivity contribution in [2.75, 3.05) is 5.32 Å². The van der Waals surface area contributed by atoms with E-state index < -0.39 is 17.6 Å². The summed E-state index contributed by atoms with van der Waals surface area (Å²) in [7, 11) is 1.89. The van der Waals surface area contributed by atoms with Gasteiger partial charge in [-0.25, -0.2) is 4.98 Å². The van der Waals surface area contributed by atoms with E-state index in [0.717, 1.165) is 28.7 Å². The Bertz CT molecular complexity index is 1610. The number of carbonyl (C=O) groups excluding carboxylic acids is 1. The van der Waals surface area contributed by atoms with Crippen LogP contribution in [0, 0.1) is 6.92 Å². The zero-order valence-electron chi connectivity index (χ0n) is 19.9. The SMILES string of the molecule is Cc1ccc(Oc2cc(-c3ccncc3)nc3c2ccn3C)cc1C(=O)Nc1cccc(C(F)(F)F)c1. The first-order valence-corrected chi connectivity index (χ1v) is 11.3. The van der Waals surface area contributed by atoms with Crippen LogP contribution in [0.3, 0.4) is 0 Å². The zero-order chi connectivity index (χ0) is 26.2. The van der Waals surface area contributed by atoms with Crippen LogP contribution in [-0.2, 0) is 13.2 Å². The molecule has 1 amide bonds. The average molecular weight is 502 g/mol. The summed E-state index contributed by atoms with van der Waals surface area (Å²) in [6.07, 6.45) is 0.737. The molecule has 6 nitrogen and oxygen atoms in total. The van der Waals surface area contributed by atoms with Gasteiger partial charge < -0.3 is 14.6 Å². The quantitative estimate of drug-likeness (QED) is 0.281. The highest BCUT2D eigenvalue weighted by Crippen LogP contribution is 2.35. The average Bonchev–Trinajstić information content (AvgIpc) is 3.26. The van der Waals surface area contributed by atoms with Crippen LogP contribution >= 0.6 is 0 Å². The molecule has 186 valence electrons. The van der Waals surface area contributed by atoms with E-state index in [0.29, 0.717) is 22.8 Å². The van der Waals surface area contributed by atoms with Crippen molar-refractivity contribution in [3.8, 4) is 22.8 Å². The predicted molar refractivity (Wildman–Crippen MR) is 135 cm³/mol. The molecule has 0 radical (unpaired) electrons. The molecule has 0 fully saturated rings. The monoisotopic (exact) mass is 502 g/mol. The largest absolute Gasteiger partial charge is 0.456 e. The molecule has 0 saturated carbocycles. The fourth-order valence-electron chi connectivity index (χ4n) is 3.96. The highest BCUT2D eigenvalue weighted by Gasteiger charge is 2.30. The van der Waals surface area contributed by atoms with E-state index in [1.165, 1.54) is 12.1 Å². The maximum atomic E-state index is 13.1. The standard InChI is InChI=1S/C28H21F3N4O2/c1-17-6-7-21(15-23(17)27(36)33-20-5-3-4-19(14-20)28(29,30)31)37-25-16-24(18-8-11-32-12-9-18)34-26-22(25)10-13-35(26)2/h3-16H,1-2H3,(H,33,36). The first-order valence-electron chi connectivity index (χ1n) is 11.3. The number of rotatable bonds is 5. The van der Waals surface area contributed by atoms with Gasteiger partial charge in [-0.2, -0.15) is 13.2 Å². The van der Waals surface area contributed by atoms with Crippen LogP contribution in [0.25, 0.3) is 22.3 Å². The number of anilines is 1. The number of hydrogen-bond acceptors (Lipinski definition) is 4. The predicted octanol–water partition coefficient (Wildman–Crippen LogP) is 7.01. The van der Waals surface area contributed by atoms with Crippen molar-refractivity contribution in [1.29, 1.82) is 0 Å². The van der Waals surface area contributed by atoms with Gasteiger partial charge in [0.2, 0.25) is 0 Å². The third kappa shape index (κ3) is 5.02. The molecule has 3 heterocycles. The molecule has 5 aromatic rings. The van der Waals surface area contributed by atoms with E-state index in [1.54, 1.807) is 37.5 Å². The summed E-state index contributed by atoms with van der Waals surface area (Å²) >= 11 is 0. The van der Waals surface area contributed by atoms with Crippen molar-refractivity contribution in [2.24, 2.45) is 7.05 Å². The van der Waals surface area contributed by atoms with E-state index in [4.69, 9.17) is 9.72 Å². The number of halogens is 3. The van der Waals surface area contributed by atoms with E-state index >= 15 is 0 Å². The highest BCUT2D eigenvalue weighted by molar-refractivity contribution is 6.05. The van der Waals surface area contributed by atoms with E-state index in [1.807, 2.05) is 42.1 Å². The normalized spacial score (nSPS) is 11.5. The second kappa shape index (κ2) is 9.42. The smallest absolute Gasteiger partial charge is 0.416 e. The van der Waals surface area contributed by atoms with Crippen molar-refractivity contribution in [2.45, 2.75) is 13.1 Å². The Kier molecular flexibility index (Phi) is 6.12. The molecular weight excluding hydrogens is 481 g/mol. The van der Waals surface area contributed by atoms with Crippen molar-refractivity contribution in [3.05, 3.63) is 102 Å². The second-order valence-corrected chi connectivity index (χ2v) is 8.52. The number of nitrogens with zero attached hydrogens (tertiary/aromatic N) is 3. The lowest BCUT2D eigenvalue weighted by molar-refractivity contribution is -0.137. The molecule has 0 unspecified atom stereocenters. The fraction of sp³-hybridized carbons (Fsp3) is 0.107. The molecule has 0 spiro atoms. The van der Waals surface area contributed by atoms with Gasteiger partial charge in [0.1, 0.15) is 17.1 Å². The highest BCUT2D eigenvalue weighted by atomic mass is 19.4. The maximum Gasteiger partial charge on any atom is 0.416 e. The minimum Gasteiger partial charge on any atom is -0.456 e. The maximum absolute atomic E-state index is 13.1. The molecule has 37 heavy (non-hydrogen) atoms. The topological polar surface area (TPSA) is 69.0 Å². The lowest BCUT2D eigenvalue weighted by atomic mass is 10.1. The third-order valence-corrected chi connectivity index (χ3v) is 5.90. The van der Waals surface area contributed by atoms with Gasteiger partial charge in [-0.05, 0) is 61.0 Å². The summed E-state index contributed by atoms with van der Waals surface area (Å²) in [5.41, 5.74) is 2.42. The number of aryl methyl sites for hydroxylation is 2. The zero-order valence-corrected chi connectivity index (χ0v) is 19.9. The lowest BCUT2D eigenvalue weighted by Crippen LogP contribution is -2.14. The Labute approximate surface area is 210 Å². The molecule has 0 atom stereocenters. The summed E-state index contributed by atoms with van der Waals surface area (Å²) in [6, 6.07) is 17.0. The molecule has 0 aliphatic carbocycles. The Hall–Kier alpha value is -4.66. The molecule has 0 aliphatic heterocycles. The number of benzene rings is 2. The third-order valence-electron chi connectivity index (χ3n) is 5.90. The van der Waals surface area contributed by atoms with Crippen LogP contribution < -0.4 is 10.1 Å². The molecule has 0 aliphatic rings. The van der Waals surface area contributed by atoms with Crippen LogP contribution in [0.4, 0.5) is 18.9 Å². The first kappa shape index (κ1) is 24.1. The van der Waals surface area contributed by atoms with Gasteiger partial charge in [0.05, 0.1) is 16.6 Å². The van der Waals surface area contributed by atoms with Gasteiger partial charge in [0.15, 0.2) is 0 Å². The number of fused-ring (bicyclic) bond motifs is 1. The van der Waals surface area contributed by atoms with Gasteiger partial charge in [-0.15, -0.1) is 0 Å². The Balaban J connectivity index is 1.47. The number of aromatic nitrogens is 3.